The molecule has 0 saturated heterocycles. The number of rotatable bonds is 4. The van der Waals surface area contributed by atoms with Gasteiger partial charge in [-0.1, -0.05) is 12.1 Å². The maximum Gasteiger partial charge on any atom is 0.178 e. The molecule has 1 aromatic carbocycles. The Morgan fingerprint density at radius 1 is 1.44 bits per heavy atom. The lowest BCUT2D eigenvalue weighted by Gasteiger charge is -2.04. The Bertz CT molecular complexity index is 541. The molecule has 1 heterocycles. The largest absolute Gasteiger partial charge is 0.380 e. The third-order valence-corrected chi connectivity index (χ3v) is 3.00. The van der Waals surface area contributed by atoms with Gasteiger partial charge in [-0.2, -0.15) is 0 Å². The number of hydrogen-bond donors (Lipinski definition) is 1. The van der Waals surface area contributed by atoms with Crippen molar-refractivity contribution in [3.05, 3.63) is 28.5 Å². The van der Waals surface area contributed by atoms with Gasteiger partial charge in [0.15, 0.2) is 4.77 Å². The smallest absolute Gasteiger partial charge is 0.178 e. The molecular formula is C12H16N2OS. The second kappa shape index (κ2) is 4.80. The number of hydrogen-bond acceptors (Lipinski definition) is 2. The quantitative estimate of drug-likeness (QED) is 0.653. The maximum absolute atomic E-state index is 5.36. The fourth-order valence-electron chi connectivity index (χ4n) is 1.85. The average Bonchev–Trinajstić information content (AvgIpc) is 2.58. The zero-order chi connectivity index (χ0) is 11.5. The Kier molecular flexibility index (Phi) is 3.41. The Morgan fingerprint density at radius 2 is 2.25 bits per heavy atom. The molecule has 4 heteroatoms. The lowest BCUT2D eigenvalue weighted by atomic mass is 10.2. The van der Waals surface area contributed by atoms with E-state index in [1.165, 1.54) is 5.56 Å². The number of ether oxygens (including phenoxy) is 1. The van der Waals surface area contributed by atoms with E-state index in [0.717, 1.165) is 29.0 Å². The Balaban J connectivity index is 2.40. The van der Waals surface area contributed by atoms with Gasteiger partial charge in [0.25, 0.3) is 0 Å². The molecule has 0 bridgehead atoms. The van der Waals surface area contributed by atoms with Crippen molar-refractivity contribution >= 4 is 23.3 Å². The molecule has 1 N–H and O–H groups in total. The Hall–Kier alpha value is -1.13. The SMILES string of the molecule is CCOCCn1c(=S)[nH]c2c(C)cccc21. The summed E-state index contributed by atoms with van der Waals surface area (Å²) < 4.78 is 8.22. The first-order chi connectivity index (χ1) is 7.74. The van der Waals surface area contributed by atoms with E-state index in [4.69, 9.17) is 17.0 Å². The van der Waals surface area contributed by atoms with Crippen molar-refractivity contribution < 1.29 is 4.74 Å². The summed E-state index contributed by atoms with van der Waals surface area (Å²) in [7, 11) is 0. The number of nitrogens with one attached hydrogen (secondary N) is 1. The monoisotopic (exact) mass is 236 g/mol. The van der Waals surface area contributed by atoms with Gasteiger partial charge in [0.2, 0.25) is 0 Å². The van der Waals surface area contributed by atoms with Crippen molar-refractivity contribution in [2.75, 3.05) is 13.2 Å². The molecule has 0 radical (unpaired) electrons. The molecule has 0 spiro atoms. The van der Waals surface area contributed by atoms with Crippen LogP contribution in [0.5, 0.6) is 0 Å². The molecule has 16 heavy (non-hydrogen) atoms. The molecule has 0 atom stereocenters. The highest BCUT2D eigenvalue weighted by Crippen LogP contribution is 2.17. The minimum atomic E-state index is 0.700. The molecule has 2 aromatic rings. The van der Waals surface area contributed by atoms with Gasteiger partial charge in [-0.25, -0.2) is 0 Å². The number of imidazole rings is 1. The summed E-state index contributed by atoms with van der Waals surface area (Å²) in [5.74, 6) is 0. The maximum atomic E-state index is 5.36. The number of para-hydroxylation sites is 1. The molecule has 0 amide bonds. The van der Waals surface area contributed by atoms with Crippen molar-refractivity contribution in [1.29, 1.82) is 0 Å². The van der Waals surface area contributed by atoms with Crippen LogP contribution >= 0.6 is 12.2 Å². The van der Waals surface area contributed by atoms with E-state index in [1.807, 2.05) is 6.92 Å². The van der Waals surface area contributed by atoms with Crippen LogP contribution in [0.2, 0.25) is 0 Å². The van der Waals surface area contributed by atoms with Crippen LogP contribution in [0.25, 0.3) is 11.0 Å². The van der Waals surface area contributed by atoms with Gasteiger partial charge in [0.05, 0.1) is 17.6 Å². The first-order valence-corrected chi connectivity index (χ1v) is 5.90. The zero-order valence-electron chi connectivity index (χ0n) is 9.62. The Labute approximate surface area is 100 Å². The van der Waals surface area contributed by atoms with E-state index in [0.29, 0.717) is 6.61 Å². The first kappa shape index (κ1) is 11.4. The minimum Gasteiger partial charge on any atom is -0.380 e. The van der Waals surface area contributed by atoms with Gasteiger partial charge in [0.1, 0.15) is 0 Å². The molecule has 86 valence electrons. The van der Waals surface area contributed by atoms with E-state index in [9.17, 15) is 0 Å². The van der Waals surface area contributed by atoms with Crippen LogP contribution in [0.1, 0.15) is 12.5 Å². The van der Waals surface area contributed by atoms with Crippen molar-refractivity contribution in [2.24, 2.45) is 0 Å². The topological polar surface area (TPSA) is 29.9 Å². The van der Waals surface area contributed by atoms with Crippen LogP contribution < -0.4 is 0 Å². The van der Waals surface area contributed by atoms with Crippen LogP contribution in [-0.4, -0.2) is 22.8 Å². The van der Waals surface area contributed by atoms with Crippen molar-refractivity contribution in [3.63, 3.8) is 0 Å². The van der Waals surface area contributed by atoms with Gasteiger partial charge in [-0.15, -0.1) is 0 Å². The number of aromatic nitrogens is 2. The van der Waals surface area contributed by atoms with E-state index < -0.39 is 0 Å². The molecule has 1 aromatic heterocycles. The van der Waals surface area contributed by atoms with E-state index in [2.05, 4.69) is 34.7 Å². The standard InChI is InChI=1S/C12H16N2OS/c1-3-15-8-7-14-10-6-4-5-9(2)11(10)13-12(14)16/h4-6H,3,7-8H2,1-2H3,(H,13,16). The number of nitrogens with zero attached hydrogens (tertiary/aromatic N) is 1. The van der Waals surface area contributed by atoms with Gasteiger partial charge >= 0.3 is 0 Å². The van der Waals surface area contributed by atoms with Crippen LogP contribution in [0.15, 0.2) is 18.2 Å². The summed E-state index contributed by atoms with van der Waals surface area (Å²) in [4.78, 5) is 3.24. The lowest BCUT2D eigenvalue weighted by Crippen LogP contribution is -2.05. The molecule has 3 nitrogen and oxygen atoms in total. The molecule has 0 unspecified atom stereocenters. The second-order valence-electron chi connectivity index (χ2n) is 3.75. The molecule has 2 rings (SSSR count). The molecule has 0 aliphatic heterocycles. The predicted molar refractivity (Wildman–Crippen MR) is 68.4 cm³/mol. The average molecular weight is 236 g/mol. The predicted octanol–water partition coefficient (Wildman–Crippen LogP) is 3.04. The Morgan fingerprint density at radius 3 is 3.00 bits per heavy atom. The van der Waals surface area contributed by atoms with E-state index in [1.54, 1.807) is 0 Å². The lowest BCUT2D eigenvalue weighted by molar-refractivity contribution is 0.139. The number of H-pyrrole nitrogens is 1. The number of aryl methyl sites for hydroxylation is 1. The van der Waals surface area contributed by atoms with Gasteiger partial charge < -0.3 is 14.3 Å². The summed E-state index contributed by atoms with van der Waals surface area (Å²) >= 11 is 5.31. The molecule has 0 aliphatic carbocycles. The molecular weight excluding hydrogens is 220 g/mol. The fraction of sp³-hybridized carbons (Fsp3) is 0.417. The highest BCUT2D eigenvalue weighted by molar-refractivity contribution is 7.71. The van der Waals surface area contributed by atoms with Crippen LogP contribution in [0.3, 0.4) is 0 Å². The summed E-state index contributed by atoms with van der Waals surface area (Å²) in [6.07, 6.45) is 0. The molecule has 0 aliphatic rings. The first-order valence-electron chi connectivity index (χ1n) is 5.50. The van der Waals surface area contributed by atoms with Gasteiger partial charge in [-0.3, -0.25) is 0 Å². The zero-order valence-corrected chi connectivity index (χ0v) is 10.4. The van der Waals surface area contributed by atoms with Crippen molar-refractivity contribution in [3.8, 4) is 0 Å². The number of benzene rings is 1. The summed E-state index contributed by atoms with van der Waals surface area (Å²) in [5, 5.41) is 0. The van der Waals surface area contributed by atoms with Crippen LogP contribution in [0, 0.1) is 11.7 Å². The third kappa shape index (κ3) is 2.03. The highest BCUT2D eigenvalue weighted by atomic mass is 32.1. The summed E-state index contributed by atoms with van der Waals surface area (Å²) in [6.45, 7) is 6.33. The molecule has 0 saturated carbocycles. The van der Waals surface area contributed by atoms with Crippen molar-refractivity contribution in [2.45, 2.75) is 20.4 Å². The summed E-state index contributed by atoms with van der Waals surface area (Å²) in [6, 6.07) is 6.22. The van der Waals surface area contributed by atoms with E-state index in [-0.39, 0.29) is 0 Å². The summed E-state index contributed by atoms with van der Waals surface area (Å²) in [5.41, 5.74) is 3.51. The highest BCUT2D eigenvalue weighted by Gasteiger charge is 2.05. The second-order valence-corrected chi connectivity index (χ2v) is 4.13. The van der Waals surface area contributed by atoms with Crippen LogP contribution in [-0.2, 0) is 11.3 Å². The minimum absolute atomic E-state index is 0.700. The normalized spacial score (nSPS) is 11.1. The van der Waals surface area contributed by atoms with E-state index >= 15 is 0 Å². The van der Waals surface area contributed by atoms with Gasteiger partial charge in [0, 0.05) is 13.2 Å². The van der Waals surface area contributed by atoms with Crippen molar-refractivity contribution in [1.82, 2.24) is 9.55 Å². The fourth-order valence-corrected chi connectivity index (χ4v) is 2.14. The number of fused-ring (bicyclic) bond motifs is 1. The molecule has 0 fully saturated rings. The van der Waals surface area contributed by atoms with Gasteiger partial charge in [-0.05, 0) is 37.7 Å². The number of aromatic amines is 1. The third-order valence-electron chi connectivity index (χ3n) is 2.68. The van der Waals surface area contributed by atoms with Crippen LogP contribution in [0.4, 0.5) is 0 Å².